The Kier molecular flexibility index (Phi) is 5.30. The summed E-state index contributed by atoms with van der Waals surface area (Å²) in [6.45, 7) is 0.983. The minimum absolute atomic E-state index is 0.0311. The minimum atomic E-state index is -0.256. The van der Waals surface area contributed by atoms with Crippen LogP contribution in [0.25, 0.3) is 11.0 Å². The third-order valence-corrected chi connectivity index (χ3v) is 5.50. The number of carbonyl (C=O) groups is 1. The van der Waals surface area contributed by atoms with Crippen LogP contribution in [0.1, 0.15) is 31.5 Å². The van der Waals surface area contributed by atoms with Crippen LogP contribution in [0.15, 0.2) is 54.6 Å². The molecular formula is C22H26N4O2. The minimum Gasteiger partial charge on any atom is -0.486 e. The van der Waals surface area contributed by atoms with Crippen molar-refractivity contribution < 1.29 is 9.53 Å². The van der Waals surface area contributed by atoms with Crippen molar-refractivity contribution in [2.24, 2.45) is 5.73 Å². The van der Waals surface area contributed by atoms with Gasteiger partial charge < -0.3 is 20.4 Å². The fourth-order valence-electron chi connectivity index (χ4n) is 3.99. The summed E-state index contributed by atoms with van der Waals surface area (Å²) < 4.78 is 7.82. The van der Waals surface area contributed by atoms with Crippen LogP contribution >= 0.6 is 0 Å². The number of benzene rings is 2. The Morgan fingerprint density at radius 1 is 1.11 bits per heavy atom. The Bertz CT molecular complexity index is 946. The number of nitrogens with zero attached hydrogens (tertiary/aromatic N) is 2. The van der Waals surface area contributed by atoms with Crippen molar-refractivity contribution in [2.75, 3.05) is 6.54 Å². The molecule has 1 saturated carbocycles. The lowest BCUT2D eigenvalue weighted by Gasteiger charge is -2.29. The van der Waals surface area contributed by atoms with Gasteiger partial charge in [0.1, 0.15) is 24.7 Å². The van der Waals surface area contributed by atoms with Gasteiger partial charge in [-0.2, -0.15) is 0 Å². The summed E-state index contributed by atoms with van der Waals surface area (Å²) in [6.07, 6.45) is 4.12. The molecule has 0 bridgehead atoms. The molecule has 28 heavy (non-hydrogen) atoms. The Balaban J connectivity index is 1.55. The Labute approximate surface area is 164 Å². The van der Waals surface area contributed by atoms with Gasteiger partial charge in [-0.25, -0.2) is 4.98 Å². The second kappa shape index (κ2) is 8.02. The lowest BCUT2D eigenvalue weighted by atomic mass is 9.98. The number of carbonyl (C=O) groups excluding carboxylic acids is 1. The fourth-order valence-corrected chi connectivity index (χ4v) is 3.99. The zero-order valence-electron chi connectivity index (χ0n) is 15.9. The van der Waals surface area contributed by atoms with Crippen molar-refractivity contribution in [1.82, 2.24) is 14.9 Å². The molecule has 3 N–H and O–H groups in total. The first-order valence-electron chi connectivity index (χ1n) is 9.82. The highest BCUT2D eigenvalue weighted by Crippen LogP contribution is 2.28. The lowest BCUT2D eigenvalue weighted by molar-refractivity contribution is -0.123. The van der Waals surface area contributed by atoms with Gasteiger partial charge in [0.05, 0.1) is 16.6 Å². The highest BCUT2D eigenvalue weighted by molar-refractivity contribution is 5.81. The second-order valence-electron chi connectivity index (χ2n) is 7.44. The van der Waals surface area contributed by atoms with Gasteiger partial charge in [0, 0.05) is 6.54 Å². The predicted molar refractivity (Wildman–Crippen MR) is 109 cm³/mol. The number of fused-ring (bicyclic) bond motifs is 1. The molecule has 0 unspecified atom stereocenters. The van der Waals surface area contributed by atoms with E-state index in [0.717, 1.165) is 48.3 Å². The topological polar surface area (TPSA) is 82.2 Å². The SMILES string of the molecule is NCC1(NC(=O)Cn2c(COc3ccccc3)nc3ccccc32)CCCC1. The monoisotopic (exact) mass is 378 g/mol. The van der Waals surface area contributed by atoms with E-state index in [1.165, 1.54) is 0 Å². The molecule has 1 heterocycles. The molecule has 1 amide bonds. The molecule has 0 atom stereocenters. The van der Waals surface area contributed by atoms with Gasteiger partial charge in [-0.1, -0.05) is 43.2 Å². The summed E-state index contributed by atoms with van der Waals surface area (Å²) in [7, 11) is 0. The Morgan fingerprint density at radius 3 is 2.57 bits per heavy atom. The molecule has 6 heteroatoms. The number of nitrogens with two attached hydrogens (primary N) is 1. The van der Waals surface area contributed by atoms with Crippen LogP contribution in [-0.4, -0.2) is 27.5 Å². The maximum atomic E-state index is 12.8. The van der Waals surface area contributed by atoms with Gasteiger partial charge in [-0.15, -0.1) is 0 Å². The number of aromatic nitrogens is 2. The summed E-state index contributed by atoms with van der Waals surface area (Å²) in [6, 6.07) is 17.5. The van der Waals surface area contributed by atoms with Crippen LogP contribution in [0, 0.1) is 0 Å². The van der Waals surface area contributed by atoms with Gasteiger partial charge in [0.2, 0.25) is 5.91 Å². The highest BCUT2D eigenvalue weighted by Gasteiger charge is 2.34. The van der Waals surface area contributed by atoms with Crippen molar-refractivity contribution in [1.29, 1.82) is 0 Å². The smallest absolute Gasteiger partial charge is 0.240 e. The van der Waals surface area contributed by atoms with Crippen molar-refractivity contribution in [2.45, 2.75) is 44.4 Å². The van der Waals surface area contributed by atoms with Gasteiger partial charge >= 0.3 is 0 Å². The number of imidazole rings is 1. The third kappa shape index (κ3) is 3.87. The first kappa shape index (κ1) is 18.5. The lowest BCUT2D eigenvalue weighted by Crippen LogP contribution is -2.52. The number of hydrogen-bond acceptors (Lipinski definition) is 4. The molecule has 6 nitrogen and oxygen atoms in total. The second-order valence-corrected chi connectivity index (χ2v) is 7.44. The molecule has 0 saturated heterocycles. The number of amides is 1. The maximum absolute atomic E-state index is 12.8. The van der Waals surface area contributed by atoms with Crippen molar-refractivity contribution in [3.8, 4) is 5.75 Å². The Hall–Kier alpha value is -2.86. The average molecular weight is 378 g/mol. The summed E-state index contributed by atoms with van der Waals surface area (Å²) in [5.41, 5.74) is 7.50. The molecule has 0 aliphatic heterocycles. The summed E-state index contributed by atoms with van der Waals surface area (Å²) in [4.78, 5) is 17.5. The van der Waals surface area contributed by atoms with Crippen molar-refractivity contribution >= 4 is 16.9 Å². The standard InChI is InChI=1S/C22H26N4O2/c23-16-22(12-6-7-13-22)25-21(27)14-26-19-11-5-4-10-18(19)24-20(26)15-28-17-8-2-1-3-9-17/h1-5,8-11H,6-7,12-16,23H2,(H,25,27). The van der Waals surface area contributed by atoms with Gasteiger partial charge in [-0.3, -0.25) is 4.79 Å². The maximum Gasteiger partial charge on any atom is 0.240 e. The Morgan fingerprint density at radius 2 is 1.82 bits per heavy atom. The van der Waals surface area contributed by atoms with Crippen molar-refractivity contribution in [3.05, 3.63) is 60.4 Å². The average Bonchev–Trinajstić information content (AvgIpc) is 3.33. The molecule has 1 aromatic heterocycles. The number of rotatable bonds is 7. The van der Waals surface area contributed by atoms with Crippen molar-refractivity contribution in [3.63, 3.8) is 0 Å². The van der Waals surface area contributed by atoms with E-state index in [9.17, 15) is 4.79 Å². The van der Waals surface area contributed by atoms with Crippen LogP contribution in [0.2, 0.25) is 0 Å². The van der Waals surface area contributed by atoms with E-state index in [4.69, 9.17) is 10.5 Å². The van der Waals surface area contributed by atoms with E-state index in [2.05, 4.69) is 10.3 Å². The third-order valence-electron chi connectivity index (χ3n) is 5.50. The van der Waals surface area contributed by atoms with Crippen LogP contribution in [0.4, 0.5) is 0 Å². The molecule has 146 valence electrons. The predicted octanol–water partition coefficient (Wildman–Crippen LogP) is 3.00. The van der Waals surface area contributed by atoms with E-state index in [1.807, 2.05) is 59.2 Å². The summed E-state index contributed by atoms with van der Waals surface area (Å²) >= 11 is 0. The van der Waals surface area contributed by atoms with E-state index in [0.29, 0.717) is 13.2 Å². The first-order chi connectivity index (χ1) is 13.7. The summed E-state index contributed by atoms with van der Waals surface area (Å²) in [5, 5.41) is 3.19. The molecule has 1 aliphatic carbocycles. The van der Waals surface area contributed by atoms with Crippen LogP contribution in [-0.2, 0) is 17.9 Å². The summed E-state index contributed by atoms with van der Waals surface area (Å²) in [5.74, 6) is 1.48. The molecule has 0 spiro atoms. The van der Waals surface area contributed by atoms with Crippen LogP contribution in [0.5, 0.6) is 5.75 Å². The van der Waals surface area contributed by atoms with Gasteiger partial charge in [0.25, 0.3) is 0 Å². The normalized spacial score (nSPS) is 15.6. The molecular weight excluding hydrogens is 352 g/mol. The molecule has 1 fully saturated rings. The molecule has 1 aliphatic rings. The first-order valence-corrected chi connectivity index (χ1v) is 9.82. The largest absolute Gasteiger partial charge is 0.486 e. The fraction of sp³-hybridized carbons (Fsp3) is 0.364. The van der Waals surface area contributed by atoms with Crippen LogP contribution < -0.4 is 15.8 Å². The molecule has 2 aromatic carbocycles. The molecule has 4 rings (SSSR count). The van der Waals surface area contributed by atoms with E-state index in [-0.39, 0.29) is 18.0 Å². The van der Waals surface area contributed by atoms with Gasteiger partial charge in [0.15, 0.2) is 0 Å². The van der Waals surface area contributed by atoms with Gasteiger partial charge in [-0.05, 0) is 37.1 Å². The van der Waals surface area contributed by atoms with E-state index < -0.39 is 0 Å². The molecule has 0 radical (unpaired) electrons. The zero-order valence-corrected chi connectivity index (χ0v) is 15.9. The number of ether oxygens (including phenoxy) is 1. The van der Waals surface area contributed by atoms with Crippen LogP contribution in [0.3, 0.4) is 0 Å². The molecule has 3 aromatic rings. The quantitative estimate of drug-likeness (QED) is 0.662. The highest BCUT2D eigenvalue weighted by atomic mass is 16.5. The zero-order chi connectivity index (χ0) is 19.4. The number of hydrogen-bond donors (Lipinski definition) is 2. The number of para-hydroxylation sites is 3. The van der Waals surface area contributed by atoms with E-state index >= 15 is 0 Å². The number of nitrogens with one attached hydrogen (secondary N) is 1. The van der Waals surface area contributed by atoms with E-state index in [1.54, 1.807) is 0 Å².